The van der Waals surface area contributed by atoms with Crippen molar-refractivity contribution in [1.82, 2.24) is 9.55 Å². The average Bonchev–Trinajstić information content (AvgIpc) is 2.86. The molecule has 0 aliphatic heterocycles. The first-order valence-electron chi connectivity index (χ1n) is 5.25. The number of rotatable bonds is 3. The van der Waals surface area contributed by atoms with Crippen LogP contribution in [0.25, 0.3) is 0 Å². The first-order valence-corrected chi connectivity index (χ1v) is 7.01. The summed E-state index contributed by atoms with van der Waals surface area (Å²) in [6.07, 6.45) is -4.59. The Balaban J connectivity index is 2.26. The summed E-state index contributed by atoms with van der Waals surface area (Å²) in [4.78, 5) is 25.5. The van der Waals surface area contributed by atoms with E-state index in [9.17, 15) is 22.8 Å². The zero-order chi connectivity index (χ0) is 14.9. The number of nitrogens with zero attached hydrogens (tertiary/aromatic N) is 2. The molecular weight excluding hydrogens is 315 g/mol. The molecule has 5 nitrogen and oxygen atoms in total. The molecule has 0 aliphatic carbocycles. The molecule has 0 fully saturated rings. The molecule has 108 valence electrons. The molecule has 0 spiro atoms. The number of hydrogen-bond donors (Lipinski definition) is 1. The summed E-state index contributed by atoms with van der Waals surface area (Å²) in [5, 5.41) is 4.98. The van der Waals surface area contributed by atoms with Crippen LogP contribution in [0.15, 0.2) is 15.6 Å². The summed E-state index contributed by atoms with van der Waals surface area (Å²) in [6.45, 7) is 1.01. The van der Waals surface area contributed by atoms with Gasteiger partial charge in [-0.25, -0.2) is 4.98 Å². The second kappa shape index (κ2) is 5.37. The molecule has 10 heteroatoms. The summed E-state index contributed by atoms with van der Waals surface area (Å²) in [7, 11) is 0. The molecule has 20 heavy (non-hydrogen) atoms. The largest absolute Gasteiger partial charge is 0.432 e. The van der Waals surface area contributed by atoms with E-state index in [-0.39, 0.29) is 23.3 Å². The van der Waals surface area contributed by atoms with Crippen LogP contribution in [-0.4, -0.2) is 15.5 Å². The van der Waals surface area contributed by atoms with Gasteiger partial charge in [0.1, 0.15) is 5.69 Å². The Hall–Kier alpha value is -1.68. The molecule has 0 bridgehead atoms. The SMILES string of the molecule is CC(=O)Nc1nc(Cn2c(C(F)(F)F)csc2=O)cs1. The predicted octanol–water partition coefficient (Wildman–Crippen LogP) is 2.39. The van der Waals surface area contributed by atoms with Gasteiger partial charge in [0, 0.05) is 17.7 Å². The van der Waals surface area contributed by atoms with Crippen molar-refractivity contribution in [2.45, 2.75) is 19.6 Å². The third kappa shape index (κ3) is 3.25. The lowest BCUT2D eigenvalue weighted by Gasteiger charge is -2.08. The molecule has 2 rings (SSSR count). The molecule has 2 heterocycles. The number of carbonyl (C=O) groups is 1. The first-order chi connectivity index (χ1) is 9.27. The number of carbonyl (C=O) groups excluding carboxylic acids is 1. The molecule has 0 radical (unpaired) electrons. The van der Waals surface area contributed by atoms with Gasteiger partial charge in [0.25, 0.3) is 0 Å². The van der Waals surface area contributed by atoms with E-state index in [1.165, 1.54) is 12.3 Å². The smallest absolute Gasteiger partial charge is 0.302 e. The number of nitrogens with one attached hydrogen (secondary N) is 1. The monoisotopic (exact) mass is 323 g/mol. The summed E-state index contributed by atoms with van der Waals surface area (Å²) >= 11 is 1.57. The van der Waals surface area contributed by atoms with Crippen molar-refractivity contribution in [3.63, 3.8) is 0 Å². The van der Waals surface area contributed by atoms with Crippen molar-refractivity contribution in [3.8, 4) is 0 Å². The highest BCUT2D eigenvalue weighted by Gasteiger charge is 2.35. The van der Waals surface area contributed by atoms with Gasteiger partial charge >= 0.3 is 11.0 Å². The van der Waals surface area contributed by atoms with Crippen LogP contribution >= 0.6 is 22.7 Å². The minimum atomic E-state index is -4.59. The van der Waals surface area contributed by atoms with Gasteiger partial charge in [0.15, 0.2) is 5.13 Å². The Kier molecular flexibility index (Phi) is 3.95. The number of hydrogen-bond acceptors (Lipinski definition) is 5. The van der Waals surface area contributed by atoms with Crippen LogP contribution in [0, 0.1) is 0 Å². The van der Waals surface area contributed by atoms with E-state index >= 15 is 0 Å². The van der Waals surface area contributed by atoms with Gasteiger partial charge in [-0.05, 0) is 0 Å². The van der Waals surface area contributed by atoms with E-state index < -0.39 is 16.7 Å². The van der Waals surface area contributed by atoms with Crippen LogP contribution in [-0.2, 0) is 17.5 Å². The van der Waals surface area contributed by atoms with Crippen molar-refractivity contribution in [1.29, 1.82) is 0 Å². The van der Waals surface area contributed by atoms with Crippen LogP contribution in [0.1, 0.15) is 18.3 Å². The fourth-order valence-electron chi connectivity index (χ4n) is 1.45. The fraction of sp³-hybridized carbons (Fsp3) is 0.300. The molecule has 2 aromatic rings. The van der Waals surface area contributed by atoms with E-state index in [2.05, 4.69) is 10.3 Å². The summed E-state index contributed by atoms with van der Waals surface area (Å²) < 4.78 is 38.8. The van der Waals surface area contributed by atoms with Crippen LogP contribution in [0.5, 0.6) is 0 Å². The Morgan fingerprint density at radius 2 is 2.10 bits per heavy atom. The third-order valence-electron chi connectivity index (χ3n) is 2.23. The van der Waals surface area contributed by atoms with Crippen molar-refractivity contribution in [3.05, 3.63) is 31.8 Å². The molecule has 0 saturated heterocycles. The molecule has 2 aromatic heterocycles. The number of amides is 1. The van der Waals surface area contributed by atoms with E-state index in [0.29, 0.717) is 15.9 Å². The first kappa shape index (κ1) is 14.7. The topological polar surface area (TPSA) is 64.0 Å². The summed E-state index contributed by atoms with van der Waals surface area (Å²) in [5.41, 5.74) is -0.716. The van der Waals surface area contributed by atoms with Crippen LogP contribution in [0.4, 0.5) is 18.3 Å². The molecule has 0 aliphatic rings. The Bertz CT molecular complexity index is 686. The second-order valence-corrected chi connectivity index (χ2v) is 5.47. The fourth-order valence-corrected chi connectivity index (χ4v) is 2.96. The normalized spacial score (nSPS) is 11.6. The molecular formula is C10H8F3N3O2S2. The molecule has 1 amide bonds. The van der Waals surface area contributed by atoms with Crippen LogP contribution in [0.3, 0.4) is 0 Å². The number of aromatic nitrogens is 2. The average molecular weight is 323 g/mol. The number of alkyl halides is 3. The summed E-state index contributed by atoms with van der Waals surface area (Å²) in [6, 6.07) is 0. The predicted molar refractivity (Wildman–Crippen MR) is 69.1 cm³/mol. The standard InChI is InChI=1S/C10H8F3N3O2S2/c1-5(17)14-8-15-6(3-19-8)2-16-7(10(11,12)13)4-20-9(16)18/h3-4H,2H2,1H3,(H,14,15,17). The van der Waals surface area contributed by atoms with Crippen molar-refractivity contribution in [2.75, 3.05) is 5.32 Å². The number of halogens is 3. The lowest BCUT2D eigenvalue weighted by Crippen LogP contribution is -2.22. The van der Waals surface area contributed by atoms with Crippen molar-refractivity contribution in [2.24, 2.45) is 0 Å². The second-order valence-electron chi connectivity index (χ2n) is 3.80. The van der Waals surface area contributed by atoms with Crippen molar-refractivity contribution < 1.29 is 18.0 Å². The zero-order valence-electron chi connectivity index (χ0n) is 10.0. The van der Waals surface area contributed by atoms with Crippen molar-refractivity contribution >= 4 is 33.7 Å². The highest BCUT2D eigenvalue weighted by atomic mass is 32.1. The Morgan fingerprint density at radius 1 is 1.40 bits per heavy atom. The number of anilines is 1. The van der Waals surface area contributed by atoms with Crippen LogP contribution in [0.2, 0.25) is 0 Å². The molecule has 1 N–H and O–H groups in total. The van der Waals surface area contributed by atoms with E-state index in [1.54, 1.807) is 0 Å². The zero-order valence-corrected chi connectivity index (χ0v) is 11.7. The molecule has 0 unspecified atom stereocenters. The molecule has 0 aromatic carbocycles. The Labute approximate surface area is 118 Å². The van der Waals surface area contributed by atoms with Gasteiger partial charge in [0.05, 0.1) is 12.2 Å². The maximum absolute atomic E-state index is 12.7. The quantitative estimate of drug-likeness (QED) is 0.943. The maximum atomic E-state index is 12.7. The lowest BCUT2D eigenvalue weighted by molar-refractivity contribution is -0.143. The Morgan fingerprint density at radius 3 is 2.70 bits per heavy atom. The molecule has 0 saturated carbocycles. The van der Waals surface area contributed by atoms with E-state index in [0.717, 1.165) is 16.7 Å². The van der Waals surface area contributed by atoms with E-state index in [4.69, 9.17) is 0 Å². The minimum Gasteiger partial charge on any atom is -0.302 e. The molecule has 0 atom stereocenters. The van der Waals surface area contributed by atoms with Gasteiger partial charge < -0.3 is 5.32 Å². The number of thiazole rings is 2. The van der Waals surface area contributed by atoms with Gasteiger partial charge in [-0.3, -0.25) is 14.2 Å². The minimum absolute atomic E-state index is 0.282. The highest BCUT2D eigenvalue weighted by Crippen LogP contribution is 2.30. The lowest BCUT2D eigenvalue weighted by atomic mass is 10.4. The highest BCUT2D eigenvalue weighted by molar-refractivity contribution is 7.13. The van der Waals surface area contributed by atoms with Gasteiger partial charge in [-0.15, -0.1) is 11.3 Å². The van der Waals surface area contributed by atoms with Gasteiger partial charge in [-0.2, -0.15) is 13.2 Å². The van der Waals surface area contributed by atoms with Gasteiger partial charge in [-0.1, -0.05) is 11.3 Å². The van der Waals surface area contributed by atoms with Crippen LogP contribution < -0.4 is 10.2 Å². The maximum Gasteiger partial charge on any atom is 0.432 e. The summed E-state index contributed by atoms with van der Waals surface area (Å²) in [5.74, 6) is -0.324. The van der Waals surface area contributed by atoms with E-state index in [1.807, 2.05) is 0 Å². The van der Waals surface area contributed by atoms with Gasteiger partial charge in [0.2, 0.25) is 5.91 Å². The third-order valence-corrected chi connectivity index (χ3v) is 3.80.